The van der Waals surface area contributed by atoms with Crippen LogP contribution in [0.15, 0.2) is 18.2 Å². The van der Waals surface area contributed by atoms with Crippen molar-refractivity contribution >= 4 is 5.69 Å². The molecule has 2 fully saturated rings. The van der Waals surface area contributed by atoms with E-state index in [-0.39, 0.29) is 0 Å². The number of anilines is 1. The van der Waals surface area contributed by atoms with Crippen molar-refractivity contribution in [3.8, 4) is 5.75 Å². The highest BCUT2D eigenvalue weighted by molar-refractivity contribution is 5.53. The summed E-state index contributed by atoms with van der Waals surface area (Å²) in [5.74, 6) is 1.07. The molecule has 0 spiro atoms. The van der Waals surface area contributed by atoms with Gasteiger partial charge in [-0.25, -0.2) is 0 Å². The van der Waals surface area contributed by atoms with Crippen molar-refractivity contribution in [2.24, 2.45) is 0 Å². The summed E-state index contributed by atoms with van der Waals surface area (Å²) in [4.78, 5) is 2.45. The molecule has 19 heavy (non-hydrogen) atoms. The van der Waals surface area contributed by atoms with Crippen LogP contribution in [0, 0.1) is 6.92 Å². The Morgan fingerprint density at radius 1 is 1.16 bits per heavy atom. The van der Waals surface area contributed by atoms with Gasteiger partial charge in [-0.2, -0.15) is 0 Å². The Kier molecular flexibility index (Phi) is 3.92. The molecule has 2 aliphatic rings. The lowest BCUT2D eigenvalue weighted by molar-refractivity contribution is 0.208. The van der Waals surface area contributed by atoms with Gasteiger partial charge in [0.05, 0.1) is 6.10 Å². The maximum Gasteiger partial charge on any atom is 0.122 e. The zero-order valence-electron chi connectivity index (χ0n) is 11.8. The normalized spacial score (nSPS) is 20.8. The summed E-state index contributed by atoms with van der Waals surface area (Å²) in [7, 11) is 0. The molecule has 1 saturated carbocycles. The topological polar surface area (TPSA) is 24.5 Å². The fourth-order valence-electron chi connectivity index (χ4n) is 3.07. The molecule has 1 aliphatic heterocycles. The van der Waals surface area contributed by atoms with Crippen LogP contribution in [0.2, 0.25) is 0 Å². The molecule has 0 amide bonds. The molecule has 0 unspecified atom stereocenters. The Labute approximate surface area is 115 Å². The molecular weight excluding hydrogens is 236 g/mol. The van der Waals surface area contributed by atoms with Crippen LogP contribution in [0.1, 0.15) is 31.2 Å². The highest BCUT2D eigenvalue weighted by atomic mass is 16.5. The molecule has 1 aromatic carbocycles. The number of aryl methyl sites for hydroxylation is 1. The van der Waals surface area contributed by atoms with E-state index in [0.717, 1.165) is 31.9 Å². The third kappa shape index (κ3) is 3.03. The van der Waals surface area contributed by atoms with Crippen molar-refractivity contribution in [2.45, 2.75) is 38.7 Å². The molecule has 0 bridgehead atoms. The summed E-state index contributed by atoms with van der Waals surface area (Å²) in [5.41, 5.74) is 2.60. The van der Waals surface area contributed by atoms with Crippen LogP contribution in [0.4, 0.5) is 5.69 Å². The van der Waals surface area contributed by atoms with Crippen LogP contribution in [-0.4, -0.2) is 32.3 Å². The Bertz CT molecular complexity index is 421. The number of piperazine rings is 1. The van der Waals surface area contributed by atoms with Gasteiger partial charge < -0.3 is 15.0 Å². The summed E-state index contributed by atoms with van der Waals surface area (Å²) >= 11 is 0. The first kappa shape index (κ1) is 12.8. The minimum absolute atomic E-state index is 0.448. The molecule has 0 radical (unpaired) electrons. The lowest BCUT2D eigenvalue weighted by atomic mass is 10.1. The van der Waals surface area contributed by atoms with E-state index in [0.29, 0.717) is 6.10 Å². The first-order valence-corrected chi connectivity index (χ1v) is 7.56. The predicted octanol–water partition coefficient (Wildman–Crippen LogP) is 2.73. The van der Waals surface area contributed by atoms with Crippen molar-refractivity contribution in [2.75, 3.05) is 31.1 Å². The first-order chi connectivity index (χ1) is 9.33. The highest BCUT2D eigenvalue weighted by Crippen LogP contribution is 2.29. The Morgan fingerprint density at radius 3 is 2.58 bits per heavy atom. The minimum Gasteiger partial charge on any atom is -0.490 e. The van der Waals surface area contributed by atoms with Gasteiger partial charge in [0, 0.05) is 31.9 Å². The smallest absolute Gasteiger partial charge is 0.122 e. The second-order valence-electron chi connectivity index (χ2n) is 5.71. The van der Waals surface area contributed by atoms with Crippen LogP contribution in [0.25, 0.3) is 0 Å². The van der Waals surface area contributed by atoms with Gasteiger partial charge in [0.2, 0.25) is 0 Å². The molecular formula is C16H24N2O. The third-order valence-electron chi connectivity index (χ3n) is 4.24. The van der Waals surface area contributed by atoms with E-state index in [4.69, 9.17) is 4.74 Å². The Balaban J connectivity index is 1.69. The largest absolute Gasteiger partial charge is 0.490 e. The van der Waals surface area contributed by atoms with Gasteiger partial charge in [0.25, 0.3) is 0 Å². The SMILES string of the molecule is Cc1cc(N2CCNCC2)ccc1OC1CCCC1. The quantitative estimate of drug-likeness (QED) is 0.904. The fourth-order valence-corrected chi connectivity index (χ4v) is 3.07. The lowest BCUT2D eigenvalue weighted by Crippen LogP contribution is -2.43. The van der Waals surface area contributed by atoms with Gasteiger partial charge in [-0.3, -0.25) is 0 Å². The number of rotatable bonds is 3. The summed E-state index contributed by atoms with van der Waals surface area (Å²) < 4.78 is 6.12. The van der Waals surface area contributed by atoms with Gasteiger partial charge in [0.1, 0.15) is 5.75 Å². The maximum absolute atomic E-state index is 6.12. The molecule has 0 aromatic heterocycles. The zero-order chi connectivity index (χ0) is 13.1. The van der Waals surface area contributed by atoms with E-state index in [1.165, 1.54) is 36.9 Å². The van der Waals surface area contributed by atoms with Crippen LogP contribution in [0.3, 0.4) is 0 Å². The number of nitrogens with zero attached hydrogens (tertiary/aromatic N) is 1. The Hall–Kier alpha value is -1.22. The molecule has 3 rings (SSSR count). The third-order valence-corrected chi connectivity index (χ3v) is 4.24. The van der Waals surface area contributed by atoms with Crippen molar-refractivity contribution in [1.29, 1.82) is 0 Å². The van der Waals surface area contributed by atoms with Gasteiger partial charge in [0.15, 0.2) is 0 Å². The molecule has 1 N–H and O–H groups in total. The number of hydrogen-bond donors (Lipinski definition) is 1. The summed E-state index contributed by atoms with van der Waals surface area (Å²) in [6.07, 6.45) is 5.53. The van der Waals surface area contributed by atoms with E-state index >= 15 is 0 Å². The van der Waals surface area contributed by atoms with Gasteiger partial charge >= 0.3 is 0 Å². The van der Waals surface area contributed by atoms with Crippen molar-refractivity contribution in [3.63, 3.8) is 0 Å². The van der Waals surface area contributed by atoms with E-state index in [1.807, 2.05) is 0 Å². The second kappa shape index (κ2) is 5.83. The average Bonchev–Trinajstić information content (AvgIpc) is 2.95. The lowest BCUT2D eigenvalue weighted by Gasteiger charge is -2.30. The number of nitrogens with one attached hydrogen (secondary N) is 1. The predicted molar refractivity (Wildman–Crippen MR) is 79.1 cm³/mol. The highest BCUT2D eigenvalue weighted by Gasteiger charge is 2.18. The van der Waals surface area contributed by atoms with Gasteiger partial charge in [-0.05, 0) is 56.4 Å². The summed E-state index contributed by atoms with van der Waals surface area (Å²) in [6, 6.07) is 6.64. The van der Waals surface area contributed by atoms with Crippen LogP contribution in [-0.2, 0) is 0 Å². The first-order valence-electron chi connectivity index (χ1n) is 7.56. The Morgan fingerprint density at radius 2 is 1.89 bits per heavy atom. The monoisotopic (exact) mass is 260 g/mol. The van der Waals surface area contributed by atoms with Gasteiger partial charge in [-0.1, -0.05) is 0 Å². The zero-order valence-corrected chi connectivity index (χ0v) is 11.8. The summed E-state index contributed by atoms with van der Waals surface area (Å²) in [6.45, 7) is 6.53. The average molecular weight is 260 g/mol. The molecule has 0 atom stereocenters. The van der Waals surface area contributed by atoms with E-state index in [2.05, 4.69) is 35.3 Å². The molecule has 1 aliphatic carbocycles. The number of ether oxygens (including phenoxy) is 1. The number of hydrogen-bond acceptors (Lipinski definition) is 3. The molecule has 104 valence electrons. The van der Waals surface area contributed by atoms with Crippen molar-refractivity contribution in [1.82, 2.24) is 5.32 Å². The summed E-state index contributed by atoms with van der Waals surface area (Å²) in [5, 5.41) is 3.39. The minimum atomic E-state index is 0.448. The molecule has 3 heteroatoms. The van der Waals surface area contributed by atoms with Crippen molar-refractivity contribution < 1.29 is 4.74 Å². The van der Waals surface area contributed by atoms with E-state index < -0.39 is 0 Å². The maximum atomic E-state index is 6.12. The van der Waals surface area contributed by atoms with E-state index in [9.17, 15) is 0 Å². The number of benzene rings is 1. The van der Waals surface area contributed by atoms with Crippen LogP contribution in [0.5, 0.6) is 5.75 Å². The van der Waals surface area contributed by atoms with E-state index in [1.54, 1.807) is 0 Å². The second-order valence-corrected chi connectivity index (χ2v) is 5.71. The molecule has 1 saturated heterocycles. The van der Waals surface area contributed by atoms with Gasteiger partial charge in [-0.15, -0.1) is 0 Å². The fraction of sp³-hybridized carbons (Fsp3) is 0.625. The van der Waals surface area contributed by atoms with Crippen molar-refractivity contribution in [3.05, 3.63) is 23.8 Å². The molecule has 1 heterocycles. The van der Waals surface area contributed by atoms with Crippen LogP contribution < -0.4 is 15.0 Å². The van der Waals surface area contributed by atoms with Crippen LogP contribution >= 0.6 is 0 Å². The molecule has 3 nitrogen and oxygen atoms in total. The molecule has 1 aromatic rings. The standard InChI is InChI=1S/C16H24N2O/c1-13-12-14(18-10-8-17-9-11-18)6-7-16(13)19-15-4-2-3-5-15/h6-7,12,15,17H,2-5,8-11H2,1H3.